The van der Waals surface area contributed by atoms with Crippen LogP contribution in [0.3, 0.4) is 0 Å². The van der Waals surface area contributed by atoms with E-state index < -0.39 is 17.5 Å². The Morgan fingerprint density at radius 2 is 1.76 bits per heavy atom. The SMILES string of the molecule is Oc1cc(C(F)(F)F)ccc1-c1nc2ccccc2s1.[Zn]. The molecule has 0 aliphatic carbocycles. The maximum absolute atomic E-state index is 12.5. The Bertz CT molecular complexity index is 752. The van der Waals surface area contributed by atoms with E-state index in [0.29, 0.717) is 10.6 Å². The summed E-state index contributed by atoms with van der Waals surface area (Å²) in [6.07, 6.45) is -4.47. The van der Waals surface area contributed by atoms with Crippen LogP contribution in [0.4, 0.5) is 13.2 Å². The smallest absolute Gasteiger partial charge is 0.416 e. The number of hydrogen-bond donors (Lipinski definition) is 1. The molecule has 2 aromatic carbocycles. The average molecular weight is 361 g/mol. The number of para-hydroxylation sites is 1. The average Bonchev–Trinajstić information content (AvgIpc) is 2.80. The molecule has 0 aliphatic heterocycles. The molecule has 0 fully saturated rings. The van der Waals surface area contributed by atoms with Crippen molar-refractivity contribution in [2.24, 2.45) is 0 Å². The minimum atomic E-state index is -4.47. The molecule has 0 radical (unpaired) electrons. The van der Waals surface area contributed by atoms with E-state index >= 15 is 0 Å². The molecule has 0 spiro atoms. The third-order valence-corrected chi connectivity index (χ3v) is 3.92. The molecule has 1 heterocycles. The van der Waals surface area contributed by atoms with Crippen molar-refractivity contribution in [1.29, 1.82) is 0 Å². The molecular formula is C14H8F3NOSZn. The predicted octanol–water partition coefficient (Wildman–Crippen LogP) is 4.69. The molecular weight excluding hydrogens is 353 g/mol. The zero-order valence-electron chi connectivity index (χ0n) is 10.7. The van der Waals surface area contributed by atoms with Crippen LogP contribution in [0, 0.1) is 0 Å². The van der Waals surface area contributed by atoms with Crippen molar-refractivity contribution in [3.05, 3.63) is 48.0 Å². The molecule has 0 aliphatic rings. The number of phenolic OH excluding ortho intramolecular Hbond substituents is 1. The van der Waals surface area contributed by atoms with E-state index in [4.69, 9.17) is 0 Å². The molecule has 1 N–H and O–H groups in total. The van der Waals surface area contributed by atoms with E-state index in [1.807, 2.05) is 24.3 Å². The second-order valence-corrected chi connectivity index (χ2v) is 5.25. The van der Waals surface area contributed by atoms with Crippen molar-refractivity contribution in [3.63, 3.8) is 0 Å². The van der Waals surface area contributed by atoms with E-state index in [2.05, 4.69) is 4.98 Å². The van der Waals surface area contributed by atoms with Gasteiger partial charge < -0.3 is 5.11 Å². The molecule has 21 heavy (non-hydrogen) atoms. The zero-order valence-corrected chi connectivity index (χ0v) is 14.5. The number of rotatable bonds is 1. The first-order valence-electron chi connectivity index (χ1n) is 5.71. The Balaban J connectivity index is 0.00000161. The minimum Gasteiger partial charge on any atom is -0.507 e. The summed E-state index contributed by atoms with van der Waals surface area (Å²) < 4.78 is 38.6. The Kier molecular flexibility index (Phi) is 4.35. The summed E-state index contributed by atoms with van der Waals surface area (Å²) in [6.45, 7) is 0. The van der Waals surface area contributed by atoms with Gasteiger partial charge in [0.25, 0.3) is 0 Å². The molecule has 0 amide bonds. The van der Waals surface area contributed by atoms with Gasteiger partial charge >= 0.3 is 6.18 Å². The monoisotopic (exact) mass is 359 g/mol. The number of aromatic hydroxyl groups is 1. The van der Waals surface area contributed by atoms with Gasteiger partial charge in [0, 0.05) is 19.5 Å². The quantitative estimate of drug-likeness (QED) is 0.639. The number of nitrogens with zero attached hydrogens (tertiary/aromatic N) is 1. The van der Waals surface area contributed by atoms with Crippen molar-refractivity contribution in [2.75, 3.05) is 0 Å². The summed E-state index contributed by atoms with van der Waals surface area (Å²) in [5.74, 6) is -0.418. The first-order valence-corrected chi connectivity index (χ1v) is 6.53. The summed E-state index contributed by atoms with van der Waals surface area (Å²) in [5, 5.41) is 10.3. The van der Waals surface area contributed by atoms with Crippen molar-refractivity contribution < 1.29 is 37.8 Å². The molecule has 104 valence electrons. The van der Waals surface area contributed by atoms with Gasteiger partial charge in [-0.2, -0.15) is 13.2 Å². The van der Waals surface area contributed by atoms with Gasteiger partial charge in [0.05, 0.1) is 21.3 Å². The molecule has 1 aromatic heterocycles. The maximum Gasteiger partial charge on any atom is 0.416 e. The van der Waals surface area contributed by atoms with Crippen LogP contribution in [0.25, 0.3) is 20.8 Å². The van der Waals surface area contributed by atoms with E-state index in [0.717, 1.165) is 22.3 Å². The molecule has 3 rings (SSSR count). The number of fused-ring (bicyclic) bond motifs is 1. The number of alkyl halides is 3. The van der Waals surface area contributed by atoms with Crippen LogP contribution in [0.1, 0.15) is 5.56 Å². The topological polar surface area (TPSA) is 33.1 Å². The number of phenols is 1. The first kappa shape index (κ1) is 15.9. The summed E-state index contributed by atoms with van der Waals surface area (Å²) in [5.41, 5.74) is 0.186. The number of aromatic nitrogens is 1. The van der Waals surface area contributed by atoms with Gasteiger partial charge in [0.15, 0.2) is 0 Å². The Morgan fingerprint density at radius 1 is 1.05 bits per heavy atom. The van der Waals surface area contributed by atoms with E-state index in [1.165, 1.54) is 17.4 Å². The van der Waals surface area contributed by atoms with Crippen LogP contribution in [0.5, 0.6) is 5.75 Å². The first-order chi connectivity index (χ1) is 9.45. The van der Waals surface area contributed by atoms with Gasteiger partial charge in [0.1, 0.15) is 10.8 Å². The maximum atomic E-state index is 12.5. The van der Waals surface area contributed by atoms with Gasteiger partial charge in [-0.3, -0.25) is 0 Å². The van der Waals surface area contributed by atoms with Crippen LogP contribution < -0.4 is 0 Å². The summed E-state index contributed by atoms with van der Waals surface area (Å²) >= 11 is 1.33. The van der Waals surface area contributed by atoms with E-state index in [9.17, 15) is 18.3 Å². The predicted molar refractivity (Wildman–Crippen MR) is 71.7 cm³/mol. The zero-order chi connectivity index (χ0) is 14.3. The van der Waals surface area contributed by atoms with Gasteiger partial charge in [0.2, 0.25) is 0 Å². The molecule has 0 atom stereocenters. The summed E-state index contributed by atoms with van der Waals surface area (Å²) in [6, 6.07) is 10.3. The van der Waals surface area contributed by atoms with Crippen molar-refractivity contribution in [3.8, 4) is 16.3 Å². The number of thiazole rings is 1. The van der Waals surface area contributed by atoms with Gasteiger partial charge in [-0.05, 0) is 30.3 Å². The van der Waals surface area contributed by atoms with Crippen LogP contribution in [-0.4, -0.2) is 10.1 Å². The summed E-state index contributed by atoms with van der Waals surface area (Å²) in [7, 11) is 0. The van der Waals surface area contributed by atoms with Crippen LogP contribution in [0.2, 0.25) is 0 Å². The van der Waals surface area contributed by atoms with Crippen LogP contribution in [-0.2, 0) is 25.7 Å². The minimum absolute atomic E-state index is 0. The number of halogens is 3. The Morgan fingerprint density at radius 3 is 2.38 bits per heavy atom. The third-order valence-electron chi connectivity index (χ3n) is 2.85. The number of hydrogen-bond acceptors (Lipinski definition) is 3. The van der Waals surface area contributed by atoms with Gasteiger partial charge in [-0.15, -0.1) is 11.3 Å². The fraction of sp³-hybridized carbons (Fsp3) is 0.0714. The van der Waals surface area contributed by atoms with Crippen molar-refractivity contribution in [2.45, 2.75) is 6.18 Å². The third kappa shape index (κ3) is 3.09. The molecule has 7 heteroatoms. The van der Waals surface area contributed by atoms with Crippen molar-refractivity contribution in [1.82, 2.24) is 4.98 Å². The fourth-order valence-electron chi connectivity index (χ4n) is 1.88. The van der Waals surface area contributed by atoms with E-state index in [-0.39, 0.29) is 19.5 Å². The Hall–Kier alpha value is -1.46. The molecule has 0 bridgehead atoms. The second-order valence-electron chi connectivity index (χ2n) is 4.22. The van der Waals surface area contributed by atoms with Crippen molar-refractivity contribution >= 4 is 21.6 Å². The Labute approximate surface area is 135 Å². The molecule has 0 saturated heterocycles. The second kappa shape index (κ2) is 5.74. The fourth-order valence-corrected chi connectivity index (χ4v) is 2.88. The number of benzene rings is 2. The van der Waals surface area contributed by atoms with Gasteiger partial charge in [-0.1, -0.05) is 12.1 Å². The summed E-state index contributed by atoms with van der Waals surface area (Å²) in [4.78, 5) is 4.31. The van der Waals surface area contributed by atoms with E-state index in [1.54, 1.807) is 0 Å². The molecule has 0 saturated carbocycles. The van der Waals surface area contributed by atoms with Crippen LogP contribution in [0.15, 0.2) is 42.5 Å². The van der Waals surface area contributed by atoms with Crippen LogP contribution >= 0.6 is 11.3 Å². The standard InChI is InChI=1S/C14H8F3NOS.Zn/c15-14(16,17)8-5-6-9(11(19)7-8)13-18-10-3-1-2-4-12(10)20-13;/h1-7,19H;. The molecule has 2 nitrogen and oxygen atoms in total. The largest absolute Gasteiger partial charge is 0.507 e. The van der Waals surface area contributed by atoms with Gasteiger partial charge in [-0.25, -0.2) is 4.98 Å². The molecule has 3 aromatic rings. The molecule has 0 unspecified atom stereocenters. The normalized spacial score (nSPS) is 11.4.